The van der Waals surface area contributed by atoms with Crippen LogP contribution in [0, 0.1) is 5.92 Å². The zero-order valence-electron chi connectivity index (χ0n) is 8.08. The molecular formula is C8H20N2O2. The van der Waals surface area contributed by atoms with Gasteiger partial charge in [-0.15, -0.1) is 0 Å². The van der Waals surface area contributed by atoms with E-state index in [9.17, 15) is 5.11 Å². The highest BCUT2D eigenvalue weighted by atomic mass is 16.5. The number of ether oxygens (including phenoxy) is 1. The van der Waals surface area contributed by atoms with Crippen molar-refractivity contribution in [2.45, 2.75) is 26.1 Å². The molecule has 0 rings (SSSR count). The second-order valence-corrected chi connectivity index (χ2v) is 3.01. The lowest BCUT2D eigenvalue weighted by Crippen LogP contribution is -2.49. The molecule has 0 spiro atoms. The second kappa shape index (κ2) is 6.37. The third-order valence-electron chi connectivity index (χ3n) is 1.86. The lowest BCUT2D eigenvalue weighted by Gasteiger charge is -2.24. The Bertz CT molecular complexity index is 99.2. The molecule has 1 unspecified atom stereocenters. The molecular weight excluding hydrogens is 156 g/mol. The standard InChI is InChI=1S/C8H20N2O2/c1-4-10-8(11)7(9)6(2)5-12-3/h6-8,10-11H,4-5,9H2,1-3H3/t6-,7-,8?/m0/s1. The fraction of sp³-hybridized carbons (Fsp3) is 1.00. The Balaban J connectivity index is 3.73. The van der Waals surface area contributed by atoms with Crippen molar-refractivity contribution >= 4 is 0 Å². The highest BCUT2D eigenvalue weighted by Crippen LogP contribution is 2.03. The number of aliphatic hydroxyl groups is 1. The van der Waals surface area contributed by atoms with Gasteiger partial charge in [0.2, 0.25) is 0 Å². The zero-order valence-corrected chi connectivity index (χ0v) is 8.08. The Labute approximate surface area is 74.1 Å². The third kappa shape index (κ3) is 4.01. The van der Waals surface area contributed by atoms with Gasteiger partial charge in [0.1, 0.15) is 6.23 Å². The maximum atomic E-state index is 9.42. The molecule has 0 bridgehead atoms. The topological polar surface area (TPSA) is 67.5 Å². The van der Waals surface area contributed by atoms with Gasteiger partial charge >= 0.3 is 0 Å². The normalized spacial score (nSPS) is 18.8. The molecule has 0 aliphatic heterocycles. The molecule has 0 saturated carbocycles. The van der Waals surface area contributed by atoms with Gasteiger partial charge in [0.15, 0.2) is 0 Å². The van der Waals surface area contributed by atoms with Gasteiger partial charge in [-0.25, -0.2) is 0 Å². The number of hydrogen-bond donors (Lipinski definition) is 3. The molecule has 4 N–H and O–H groups in total. The molecule has 3 atom stereocenters. The van der Waals surface area contributed by atoms with E-state index < -0.39 is 6.23 Å². The van der Waals surface area contributed by atoms with Crippen molar-refractivity contribution < 1.29 is 9.84 Å². The Morgan fingerprint density at radius 2 is 2.17 bits per heavy atom. The fourth-order valence-corrected chi connectivity index (χ4v) is 1.03. The minimum atomic E-state index is -0.639. The van der Waals surface area contributed by atoms with Gasteiger partial charge in [-0.1, -0.05) is 13.8 Å². The lowest BCUT2D eigenvalue weighted by molar-refractivity contribution is 0.0612. The van der Waals surface area contributed by atoms with E-state index in [0.717, 1.165) is 0 Å². The van der Waals surface area contributed by atoms with Crippen molar-refractivity contribution in [2.75, 3.05) is 20.3 Å². The van der Waals surface area contributed by atoms with Gasteiger partial charge < -0.3 is 15.6 Å². The Morgan fingerprint density at radius 1 is 1.58 bits per heavy atom. The molecule has 0 aliphatic rings. The van der Waals surface area contributed by atoms with Crippen molar-refractivity contribution in [3.8, 4) is 0 Å². The number of aliphatic hydroxyl groups excluding tert-OH is 1. The maximum Gasteiger partial charge on any atom is 0.120 e. The molecule has 0 aromatic rings. The summed E-state index contributed by atoms with van der Waals surface area (Å²) in [6, 6.07) is -0.273. The van der Waals surface area contributed by atoms with E-state index in [-0.39, 0.29) is 12.0 Å². The molecule has 0 heterocycles. The number of likely N-dealkylation sites (N-methyl/N-ethyl adjacent to an activating group) is 1. The van der Waals surface area contributed by atoms with E-state index >= 15 is 0 Å². The van der Waals surface area contributed by atoms with Crippen molar-refractivity contribution in [1.29, 1.82) is 0 Å². The van der Waals surface area contributed by atoms with Crippen LogP contribution in [-0.4, -0.2) is 37.6 Å². The second-order valence-electron chi connectivity index (χ2n) is 3.01. The van der Waals surface area contributed by atoms with Crippen molar-refractivity contribution in [2.24, 2.45) is 11.7 Å². The van der Waals surface area contributed by atoms with Crippen LogP contribution in [0.1, 0.15) is 13.8 Å². The Hall–Kier alpha value is -0.160. The highest BCUT2D eigenvalue weighted by molar-refractivity contribution is 4.74. The third-order valence-corrected chi connectivity index (χ3v) is 1.86. The molecule has 74 valence electrons. The molecule has 0 fully saturated rings. The first-order valence-corrected chi connectivity index (χ1v) is 4.29. The van der Waals surface area contributed by atoms with Crippen LogP contribution in [-0.2, 0) is 4.74 Å². The van der Waals surface area contributed by atoms with E-state index in [1.54, 1.807) is 7.11 Å². The van der Waals surface area contributed by atoms with E-state index in [1.807, 2.05) is 13.8 Å². The average Bonchev–Trinajstić information content (AvgIpc) is 2.04. The van der Waals surface area contributed by atoms with Crippen LogP contribution in [0.4, 0.5) is 0 Å². The zero-order chi connectivity index (χ0) is 9.56. The molecule has 0 aromatic heterocycles. The summed E-state index contributed by atoms with van der Waals surface area (Å²) in [6.45, 7) is 5.17. The van der Waals surface area contributed by atoms with Crippen molar-refractivity contribution in [3.05, 3.63) is 0 Å². The van der Waals surface area contributed by atoms with Gasteiger partial charge in [-0.2, -0.15) is 0 Å². The Kier molecular flexibility index (Phi) is 6.28. The number of methoxy groups -OCH3 is 1. The van der Waals surface area contributed by atoms with Gasteiger partial charge in [0.25, 0.3) is 0 Å². The minimum absolute atomic E-state index is 0.157. The van der Waals surface area contributed by atoms with Crippen LogP contribution < -0.4 is 11.1 Å². The van der Waals surface area contributed by atoms with E-state index in [4.69, 9.17) is 10.5 Å². The van der Waals surface area contributed by atoms with E-state index in [2.05, 4.69) is 5.32 Å². The number of nitrogens with one attached hydrogen (secondary N) is 1. The van der Waals surface area contributed by atoms with Gasteiger partial charge in [-0.05, 0) is 12.5 Å². The van der Waals surface area contributed by atoms with Crippen LogP contribution in [0.5, 0.6) is 0 Å². The summed E-state index contributed by atoms with van der Waals surface area (Å²) in [6.07, 6.45) is -0.639. The minimum Gasteiger partial charge on any atom is -0.384 e. The van der Waals surface area contributed by atoms with Crippen molar-refractivity contribution in [3.63, 3.8) is 0 Å². The summed E-state index contributed by atoms with van der Waals surface area (Å²) >= 11 is 0. The molecule has 4 nitrogen and oxygen atoms in total. The lowest BCUT2D eigenvalue weighted by atomic mass is 10.0. The van der Waals surface area contributed by atoms with Crippen LogP contribution in [0.15, 0.2) is 0 Å². The van der Waals surface area contributed by atoms with Crippen LogP contribution in [0.25, 0.3) is 0 Å². The number of hydrogen-bond acceptors (Lipinski definition) is 4. The first-order chi connectivity index (χ1) is 5.63. The van der Waals surface area contributed by atoms with Crippen LogP contribution >= 0.6 is 0 Å². The van der Waals surface area contributed by atoms with Gasteiger partial charge in [0.05, 0.1) is 6.61 Å². The van der Waals surface area contributed by atoms with E-state index in [0.29, 0.717) is 13.2 Å². The van der Waals surface area contributed by atoms with Gasteiger partial charge in [0, 0.05) is 13.2 Å². The summed E-state index contributed by atoms with van der Waals surface area (Å²) in [5.74, 6) is 0.157. The predicted octanol–water partition coefficient (Wildman–Crippen LogP) is -0.476. The van der Waals surface area contributed by atoms with Gasteiger partial charge in [-0.3, -0.25) is 5.32 Å². The monoisotopic (exact) mass is 176 g/mol. The molecule has 0 saturated heterocycles. The summed E-state index contributed by atoms with van der Waals surface area (Å²) in [7, 11) is 1.63. The first kappa shape index (κ1) is 11.8. The largest absolute Gasteiger partial charge is 0.384 e. The molecule has 0 aliphatic carbocycles. The fourth-order valence-electron chi connectivity index (χ4n) is 1.03. The summed E-state index contributed by atoms with van der Waals surface area (Å²) in [5.41, 5.74) is 5.74. The van der Waals surface area contributed by atoms with Crippen LogP contribution in [0.2, 0.25) is 0 Å². The van der Waals surface area contributed by atoms with Crippen LogP contribution in [0.3, 0.4) is 0 Å². The SMILES string of the molecule is CCNC(O)[C@@H](N)[C@@H](C)COC. The van der Waals surface area contributed by atoms with Crippen molar-refractivity contribution in [1.82, 2.24) is 5.32 Å². The summed E-state index contributed by atoms with van der Waals surface area (Å²) in [4.78, 5) is 0. The smallest absolute Gasteiger partial charge is 0.120 e. The van der Waals surface area contributed by atoms with E-state index in [1.165, 1.54) is 0 Å². The summed E-state index contributed by atoms with van der Waals surface area (Å²) in [5, 5.41) is 12.3. The average molecular weight is 176 g/mol. The molecule has 12 heavy (non-hydrogen) atoms. The molecule has 4 heteroatoms. The Morgan fingerprint density at radius 3 is 2.58 bits per heavy atom. The predicted molar refractivity (Wildman–Crippen MR) is 48.7 cm³/mol. The summed E-state index contributed by atoms with van der Waals surface area (Å²) < 4.78 is 4.93. The number of nitrogens with two attached hydrogens (primary N) is 1. The molecule has 0 radical (unpaired) electrons. The maximum absolute atomic E-state index is 9.42. The quantitative estimate of drug-likeness (QED) is 0.478. The molecule has 0 aromatic carbocycles. The highest BCUT2D eigenvalue weighted by Gasteiger charge is 2.19. The number of rotatable bonds is 6. The molecule has 0 amide bonds. The first-order valence-electron chi connectivity index (χ1n) is 4.29.